The van der Waals surface area contributed by atoms with Gasteiger partial charge in [0.15, 0.2) is 0 Å². The van der Waals surface area contributed by atoms with Gasteiger partial charge in [-0.25, -0.2) is 0 Å². The summed E-state index contributed by atoms with van der Waals surface area (Å²) in [6.07, 6.45) is -3.53. The van der Waals surface area contributed by atoms with E-state index in [0.29, 0.717) is 22.4 Å². The Labute approximate surface area is 119 Å². The molecule has 1 N–H and O–H groups in total. The largest absolute Gasteiger partial charge is 0.506 e. The molecule has 1 unspecified atom stereocenters. The van der Waals surface area contributed by atoms with Crippen molar-refractivity contribution in [1.29, 1.82) is 0 Å². The average Bonchev–Trinajstić information content (AvgIpc) is 2.87. The summed E-state index contributed by atoms with van der Waals surface area (Å²) in [7, 11) is 0. The lowest BCUT2D eigenvalue weighted by atomic mass is 9.97. The molecule has 0 spiro atoms. The standard InChI is InChI=1S/C15H12F3NO2/c1-8-13(20)12-10(6-19-8)7-21-14(12)9-3-2-4-11(5-9)15(16,17)18/h2-6,14,20H,7H2,1H3. The maximum atomic E-state index is 12.8. The van der Waals surface area contributed by atoms with E-state index in [-0.39, 0.29) is 12.4 Å². The van der Waals surface area contributed by atoms with Crippen molar-refractivity contribution in [1.82, 2.24) is 4.98 Å². The summed E-state index contributed by atoms with van der Waals surface area (Å²) in [4.78, 5) is 4.03. The van der Waals surface area contributed by atoms with Gasteiger partial charge in [-0.05, 0) is 24.6 Å². The van der Waals surface area contributed by atoms with E-state index in [2.05, 4.69) is 4.98 Å². The number of hydrogen-bond donors (Lipinski definition) is 1. The maximum Gasteiger partial charge on any atom is 0.416 e. The zero-order valence-corrected chi connectivity index (χ0v) is 11.1. The van der Waals surface area contributed by atoms with Crippen molar-refractivity contribution < 1.29 is 23.0 Å². The normalized spacial score (nSPS) is 17.8. The van der Waals surface area contributed by atoms with Gasteiger partial charge in [0.1, 0.15) is 11.9 Å². The molecule has 1 aromatic carbocycles. The summed E-state index contributed by atoms with van der Waals surface area (Å²) in [5.74, 6) is -0.0209. The van der Waals surface area contributed by atoms with Crippen LogP contribution in [0.5, 0.6) is 5.75 Å². The molecular weight excluding hydrogens is 283 g/mol. The van der Waals surface area contributed by atoms with Gasteiger partial charge in [0.05, 0.1) is 17.9 Å². The second-order valence-corrected chi connectivity index (χ2v) is 4.95. The molecule has 1 atom stereocenters. The first-order valence-corrected chi connectivity index (χ1v) is 6.34. The van der Waals surface area contributed by atoms with E-state index >= 15 is 0 Å². The summed E-state index contributed by atoms with van der Waals surface area (Å²) in [6, 6.07) is 4.96. The third-order valence-corrected chi connectivity index (χ3v) is 3.54. The molecule has 0 saturated carbocycles. The molecule has 3 rings (SSSR count). The summed E-state index contributed by atoms with van der Waals surface area (Å²) in [5, 5.41) is 10.1. The lowest BCUT2D eigenvalue weighted by Gasteiger charge is -2.15. The van der Waals surface area contributed by atoms with Crippen molar-refractivity contribution >= 4 is 0 Å². The summed E-state index contributed by atoms with van der Waals surface area (Å²) in [6.45, 7) is 1.86. The quantitative estimate of drug-likeness (QED) is 0.871. The first kappa shape index (κ1) is 13.9. The Balaban J connectivity index is 2.08. The molecule has 3 nitrogen and oxygen atoms in total. The molecule has 0 aliphatic carbocycles. The molecule has 0 fully saturated rings. The van der Waals surface area contributed by atoms with Crippen LogP contribution in [0, 0.1) is 6.92 Å². The first-order chi connectivity index (χ1) is 9.88. The number of benzene rings is 1. The average molecular weight is 295 g/mol. The summed E-state index contributed by atoms with van der Waals surface area (Å²) < 4.78 is 43.9. The van der Waals surface area contributed by atoms with Gasteiger partial charge in [0, 0.05) is 17.3 Å². The molecule has 21 heavy (non-hydrogen) atoms. The molecule has 1 aromatic heterocycles. The van der Waals surface area contributed by atoms with Gasteiger partial charge in [-0.1, -0.05) is 12.1 Å². The van der Waals surface area contributed by atoms with Crippen molar-refractivity contribution in [2.24, 2.45) is 0 Å². The SMILES string of the molecule is Cc1ncc2c(c1O)C(c1cccc(C(F)(F)F)c1)OC2. The lowest BCUT2D eigenvalue weighted by Crippen LogP contribution is -2.07. The van der Waals surface area contributed by atoms with Gasteiger partial charge < -0.3 is 9.84 Å². The van der Waals surface area contributed by atoms with Crippen LogP contribution in [0.3, 0.4) is 0 Å². The number of alkyl halides is 3. The number of ether oxygens (including phenoxy) is 1. The Morgan fingerprint density at radius 1 is 1.33 bits per heavy atom. The first-order valence-electron chi connectivity index (χ1n) is 6.34. The van der Waals surface area contributed by atoms with Crippen molar-refractivity contribution in [2.45, 2.75) is 25.8 Å². The molecule has 1 aliphatic heterocycles. The lowest BCUT2D eigenvalue weighted by molar-refractivity contribution is -0.137. The van der Waals surface area contributed by atoms with Crippen molar-refractivity contribution in [3.05, 3.63) is 58.4 Å². The Bertz CT molecular complexity index is 698. The maximum absolute atomic E-state index is 12.8. The molecule has 110 valence electrons. The summed E-state index contributed by atoms with van der Waals surface area (Å²) in [5.41, 5.74) is 1.25. The van der Waals surface area contributed by atoms with E-state index in [0.717, 1.165) is 12.1 Å². The van der Waals surface area contributed by atoms with Crippen LogP contribution in [-0.4, -0.2) is 10.1 Å². The van der Waals surface area contributed by atoms with E-state index < -0.39 is 17.8 Å². The zero-order chi connectivity index (χ0) is 15.2. The van der Waals surface area contributed by atoms with E-state index in [1.807, 2.05) is 0 Å². The Kier molecular flexibility index (Phi) is 3.13. The van der Waals surface area contributed by atoms with Crippen molar-refractivity contribution in [3.63, 3.8) is 0 Å². The van der Waals surface area contributed by atoms with Crippen molar-refractivity contribution in [3.8, 4) is 5.75 Å². The van der Waals surface area contributed by atoms with Crippen LogP contribution in [-0.2, 0) is 17.5 Å². The fourth-order valence-corrected chi connectivity index (χ4v) is 2.46. The van der Waals surface area contributed by atoms with Crippen LogP contribution in [0.25, 0.3) is 0 Å². The number of aromatic hydroxyl groups is 1. The van der Waals surface area contributed by atoms with Crippen LogP contribution in [0.2, 0.25) is 0 Å². The van der Waals surface area contributed by atoms with Gasteiger partial charge in [-0.2, -0.15) is 13.2 Å². The predicted octanol–water partition coefficient (Wildman–Crippen LogP) is 3.73. The van der Waals surface area contributed by atoms with Gasteiger partial charge in [0.2, 0.25) is 0 Å². The fourth-order valence-electron chi connectivity index (χ4n) is 2.46. The number of nitrogens with zero attached hydrogens (tertiary/aromatic N) is 1. The zero-order valence-electron chi connectivity index (χ0n) is 11.1. The third-order valence-electron chi connectivity index (χ3n) is 3.54. The third kappa shape index (κ3) is 2.35. The number of fused-ring (bicyclic) bond motifs is 1. The number of aromatic nitrogens is 1. The number of aryl methyl sites for hydroxylation is 1. The predicted molar refractivity (Wildman–Crippen MR) is 68.7 cm³/mol. The molecular formula is C15H12F3NO2. The molecule has 1 aliphatic rings. The number of rotatable bonds is 1. The van der Waals surface area contributed by atoms with Crippen LogP contribution in [0.4, 0.5) is 13.2 Å². The smallest absolute Gasteiger partial charge is 0.416 e. The molecule has 0 bridgehead atoms. The van der Waals surface area contributed by atoms with Gasteiger partial charge in [-0.3, -0.25) is 4.98 Å². The van der Waals surface area contributed by atoms with Crippen molar-refractivity contribution in [2.75, 3.05) is 0 Å². The van der Waals surface area contributed by atoms with Crippen LogP contribution in [0.1, 0.15) is 34.1 Å². The van der Waals surface area contributed by atoms with E-state index in [9.17, 15) is 18.3 Å². The highest BCUT2D eigenvalue weighted by atomic mass is 19.4. The molecule has 0 amide bonds. The van der Waals surface area contributed by atoms with E-state index in [1.54, 1.807) is 19.2 Å². The topological polar surface area (TPSA) is 42.4 Å². The Morgan fingerprint density at radius 2 is 2.10 bits per heavy atom. The minimum absolute atomic E-state index is 0.0209. The Morgan fingerprint density at radius 3 is 2.81 bits per heavy atom. The monoisotopic (exact) mass is 295 g/mol. The highest BCUT2D eigenvalue weighted by Crippen LogP contribution is 2.42. The van der Waals surface area contributed by atoms with E-state index in [4.69, 9.17) is 4.74 Å². The molecule has 0 radical (unpaired) electrons. The van der Waals surface area contributed by atoms with Crippen LogP contribution >= 0.6 is 0 Å². The van der Waals surface area contributed by atoms with Crippen LogP contribution < -0.4 is 0 Å². The van der Waals surface area contributed by atoms with Gasteiger partial charge >= 0.3 is 6.18 Å². The van der Waals surface area contributed by atoms with Gasteiger partial charge in [-0.15, -0.1) is 0 Å². The number of halogens is 3. The minimum Gasteiger partial charge on any atom is -0.506 e. The fraction of sp³-hybridized carbons (Fsp3) is 0.267. The number of hydrogen-bond acceptors (Lipinski definition) is 3. The number of pyridine rings is 1. The van der Waals surface area contributed by atoms with Gasteiger partial charge in [0.25, 0.3) is 0 Å². The Hall–Kier alpha value is -2.08. The summed E-state index contributed by atoms with van der Waals surface area (Å²) >= 11 is 0. The molecule has 2 heterocycles. The minimum atomic E-state index is -4.41. The molecule has 2 aromatic rings. The highest BCUT2D eigenvalue weighted by Gasteiger charge is 2.33. The second-order valence-electron chi connectivity index (χ2n) is 4.95. The van der Waals surface area contributed by atoms with Crippen LogP contribution in [0.15, 0.2) is 30.5 Å². The molecule has 6 heteroatoms. The highest BCUT2D eigenvalue weighted by molar-refractivity contribution is 5.48. The molecule has 0 saturated heterocycles. The van der Waals surface area contributed by atoms with E-state index in [1.165, 1.54) is 6.07 Å². The second kappa shape index (κ2) is 4.73.